The molecule has 0 bridgehead atoms. The van der Waals surface area contributed by atoms with Crippen LogP contribution in [-0.4, -0.2) is 35.1 Å². The summed E-state index contributed by atoms with van der Waals surface area (Å²) in [6.07, 6.45) is 4.90. The minimum Gasteiger partial charge on any atom is -0.481 e. The molecule has 0 saturated heterocycles. The molecule has 1 aliphatic heterocycles. The van der Waals surface area contributed by atoms with Crippen LogP contribution in [0.5, 0.6) is 0 Å². The summed E-state index contributed by atoms with van der Waals surface area (Å²) in [4.78, 5) is 24.2. The molecule has 0 aliphatic carbocycles. The number of aliphatic carboxylic acids is 1. The zero-order valence-electron chi connectivity index (χ0n) is 10.5. The van der Waals surface area contributed by atoms with Crippen LogP contribution in [0, 0.1) is 0 Å². The van der Waals surface area contributed by atoms with Gasteiger partial charge in [0.05, 0.1) is 6.42 Å². The lowest BCUT2D eigenvalue weighted by atomic mass is 10.1. The Balaban J connectivity index is 1.93. The van der Waals surface area contributed by atoms with Gasteiger partial charge >= 0.3 is 12.0 Å². The highest BCUT2D eigenvalue weighted by Gasteiger charge is 2.13. The number of hydrogen-bond acceptors (Lipinski definition) is 2. The normalized spacial score (nSPS) is 14.2. The van der Waals surface area contributed by atoms with E-state index in [1.807, 2.05) is 6.08 Å². The van der Waals surface area contributed by atoms with E-state index >= 15 is 0 Å². The highest BCUT2D eigenvalue weighted by Crippen LogP contribution is 2.12. The summed E-state index contributed by atoms with van der Waals surface area (Å²) in [5.41, 5.74) is 1.39. The molecule has 2 N–H and O–H groups in total. The van der Waals surface area contributed by atoms with Crippen molar-refractivity contribution in [3.63, 3.8) is 0 Å². The van der Waals surface area contributed by atoms with Crippen LogP contribution in [0.15, 0.2) is 36.4 Å². The van der Waals surface area contributed by atoms with Crippen LogP contribution in [0.1, 0.15) is 12.0 Å². The number of carboxylic acids is 1. The predicted octanol–water partition coefficient (Wildman–Crippen LogP) is 2.11. The Labute approximate surface area is 111 Å². The largest absolute Gasteiger partial charge is 0.481 e. The predicted molar refractivity (Wildman–Crippen MR) is 72.1 cm³/mol. The minimum atomic E-state index is -0.864. The molecule has 1 aromatic carbocycles. The van der Waals surface area contributed by atoms with Crippen LogP contribution in [0.2, 0.25) is 0 Å². The van der Waals surface area contributed by atoms with E-state index in [0.29, 0.717) is 17.8 Å². The number of urea groups is 1. The minimum absolute atomic E-state index is 0.00878. The number of hydrogen-bond donors (Lipinski definition) is 2. The summed E-state index contributed by atoms with van der Waals surface area (Å²) in [6, 6.07) is 6.72. The zero-order valence-corrected chi connectivity index (χ0v) is 10.5. The van der Waals surface area contributed by atoms with Crippen LogP contribution < -0.4 is 5.32 Å². The molecule has 5 heteroatoms. The Morgan fingerprint density at radius 2 is 1.95 bits per heavy atom. The fourth-order valence-corrected chi connectivity index (χ4v) is 1.91. The molecule has 1 heterocycles. The SMILES string of the molecule is O=C(O)Cc1ccc(NC(=O)N2CC=CCC2)cc1. The number of carbonyl (C=O) groups excluding carboxylic acids is 1. The Morgan fingerprint density at radius 3 is 2.53 bits per heavy atom. The molecule has 0 unspecified atom stereocenters. The van der Waals surface area contributed by atoms with E-state index in [9.17, 15) is 9.59 Å². The maximum absolute atomic E-state index is 11.9. The average Bonchev–Trinajstić information content (AvgIpc) is 2.41. The first kappa shape index (κ1) is 13.1. The third kappa shape index (κ3) is 3.84. The summed E-state index contributed by atoms with van der Waals surface area (Å²) < 4.78 is 0. The topological polar surface area (TPSA) is 69.6 Å². The summed E-state index contributed by atoms with van der Waals surface area (Å²) in [5.74, 6) is -0.864. The molecule has 1 aliphatic rings. The molecule has 5 nitrogen and oxygen atoms in total. The lowest BCUT2D eigenvalue weighted by molar-refractivity contribution is -0.136. The van der Waals surface area contributed by atoms with Crippen molar-refractivity contribution in [3.8, 4) is 0 Å². The third-order valence-electron chi connectivity index (χ3n) is 2.91. The molecule has 0 radical (unpaired) electrons. The van der Waals surface area contributed by atoms with Gasteiger partial charge in [-0.1, -0.05) is 24.3 Å². The van der Waals surface area contributed by atoms with E-state index in [0.717, 1.165) is 13.0 Å². The van der Waals surface area contributed by atoms with Gasteiger partial charge < -0.3 is 15.3 Å². The van der Waals surface area contributed by atoms with E-state index in [-0.39, 0.29) is 12.5 Å². The highest BCUT2D eigenvalue weighted by atomic mass is 16.4. The number of benzene rings is 1. The third-order valence-corrected chi connectivity index (χ3v) is 2.91. The average molecular weight is 260 g/mol. The van der Waals surface area contributed by atoms with Crippen molar-refractivity contribution < 1.29 is 14.7 Å². The van der Waals surface area contributed by atoms with Gasteiger partial charge in [-0.05, 0) is 24.1 Å². The molecular formula is C14H16N2O3. The molecule has 1 aromatic rings. The van der Waals surface area contributed by atoms with Gasteiger partial charge in [0.25, 0.3) is 0 Å². The fraction of sp³-hybridized carbons (Fsp3) is 0.286. The standard InChI is InChI=1S/C14H16N2O3/c17-13(18)10-11-4-6-12(7-5-11)15-14(19)16-8-2-1-3-9-16/h1-2,4-7H,3,8-10H2,(H,15,19)(H,17,18). The summed E-state index contributed by atoms with van der Waals surface area (Å²) in [5, 5.41) is 11.5. The summed E-state index contributed by atoms with van der Waals surface area (Å²) in [6.45, 7) is 1.35. The van der Waals surface area contributed by atoms with Crippen molar-refractivity contribution in [2.75, 3.05) is 18.4 Å². The number of rotatable bonds is 3. The molecule has 2 amide bonds. The number of nitrogens with one attached hydrogen (secondary N) is 1. The maximum atomic E-state index is 11.9. The Hall–Kier alpha value is -2.30. The van der Waals surface area contributed by atoms with Crippen LogP contribution >= 0.6 is 0 Å². The number of anilines is 1. The second-order valence-electron chi connectivity index (χ2n) is 4.40. The quantitative estimate of drug-likeness (QED) is 0.818. The number of carbonyl (C=O) groups is 2. The van der Waals surface area contributed by atoms with Crippen LogP contribution in [0.4, 0.5) is 10.5 Å². The van der Waals surface area contributed by atoms with Gasteiger partial charge in [0.2, 0.25) is 0 Å². The van der Waals surface area contributed by atoms with E-state index in [2.05, 4.69) is 11.4 Å². The lowest BCUT2D eigenvalue weighted by Gasteiger charge is -2.23. The van der Waals surface area contributed by atoms with E-state index in [1.165, 1.54) is 0 Å². The van der Waals surface area contributed by atoms with Gasteiger partial charge in [-0.15, -0.1) is 0 Å². The van der Waals surface area contributed by atoms with Crippen LogP contribution in [0.25, 0.3) is 0 Å². The van der Waals surface area contributed by atoms with Gasteiger partial charge in [0.15, 0.2) is 0 Å². The first-order valence-electron chi connectivity index (χ1n) is 6.17. The van der Waals surface area contributed by atoms with Crippen molar-refractivity contribution in [1.29, 1.82) is 0 Å². The molecule has 2 rings (SSSR count). The number of carboxylic acid groups (broad SMARTS) is 1. The molecule has 0 atom stereocenters. The molecule has 0 aromatic heterocycles. The van der Waals surface area contributed by atoms with Crippen molar-refractivity contribution in [2.45, 2.75) is 12.8 Å². The van der Waals surface area contributed by atoms with E-state index < -0.39 is 5.97 Å². The first-order chi connectivity index (χ1) is 9.15. The highest BCUT2D eigenvalue weighted by molar-refractivity contribution is 5.89. The zero-order chi connectivity index (χ0) is 13.7. The molecule has 0 saturated carbocycles. The lowest BCUT2D eigenvalue weighted by Crippen LogP contribution is -2.37. The first-order valence-corrected chi connectivity index (χ1v) is 6.17. The number of nitrogens with zero attached hydrogens (tertiary/aromatic N) is 1. The molecule has 0 spiro atoms. The molecule has 19 heavy (non-hydrogen) atoms. The monoisotopic (exact) mass is 260 g/mol. The van der Waals surface area contributed by atoms with Crippen molar-refractivity contribution >= 4 is 17.7 Å². The molecular weight excluding hydrogens is 244 g/mol. The van der Waals surface area contributed by atoms with Crippen LogP contribution in [0.3, 0.4) is 0 Å². The van der Waals surface area contributed by atoms with Crippen molar-refractivity contribution in [1.82, 2.24) is 4.90 Å². The van der Waals surface area contributed by atoms with E-state index in [4.69, 9.17) is 5.11 Å². The number of amides is 2. The Kier molecular flexibility index (Phi) is 4.18. The summed E-state index contributed by atoms with van der Waals surface area (Å²) >= 11 is 0. The summed E-state index contributed by atoms with van der Waals surface area (Å²) in [7, 11) is 0. The second kappa shape index (κ2) is 6.04. The van der Waals surface area contributed by atoms with Gasteiger partial charge in [-0.3, -0.25) is 4.79 Å². The van der Waals surface area contributed by atoms with Crippen LogP contribution in [-0.2, 0) is 11.2 Å². The van der Waals surface area contributed by atoms with Crippen molar-refractivity contribution in [3.05, 3.63) is 42.0 Å². The second-order valence-corrected chi connectivity index (χ2v) is 4.40. The maximum Gasteiger partial charge on any atom is 0.322 e. The van der Waals surface area contributed by atoms with Gasteiger partial charge in [0.1, 0.15) is 0 Å². The Bertz CT molecular complexity index is 494. The smallest absolute Gasteiger partial charge is 0.322 e. The fourth-order valence-electron chi connectivity index (χ4n) is 1.91. The molecule has 0 fully saturated rings. The van der Waals surface area contributed by atoms with Gasteiger partial charge in [0, 0.05) is 18.8 Å². The van der Waals surface area contributed by atoms with Crippen molar-refractivity contribution in [2.24, 2.45) is 0 Å². The molecule has 100 valence electrons. The Morgan fingerprint density at radius 1 is 1.21 bits per heavy atom. The van der Waals surface area contributed by atoms with E-state index in [1.54, 1.807) is 29.2 Å². The van der Waals surface area contributed by atoms with Gasteiger partial charge in [-0.2, -0.15) is 0 Å². The van der Waals surface area contributed by atoms with Gasteiger partial charge in [-0.25, -0.2) is 4.79 Å².